The van der Waals surface area contributed by atoms with Gasteiger partial charge in [0.1, 0.15) is 0 Å². The standard InChI is InChI=1S/C20H23F2N3O3S/c1-14-6-7-16(29(2,27)28)18(25-11-4-8-20(21,22)9-12-25)17(14)24-19(26)15-5-3-10-23-13-15/h3,5-7,10,13H,4,8-9,11-12H2,1-2H3,(H,24,26). The number of rotatable bonds is 4. The zero-order valence-corrected chi connectivity index (χ0v) is 17.1. The normalized spacial score (nSPS) is 16.9. The van der Waals surface area contributed by atoms with Gasteiger partial charge in [0.25, 0.3) is 5.91 Å². The van der Waals surface area contributed by atoms with Crippen molar-refractivity contribution < 1.29 is 22.0 Å². The van der Waals surface area contributed by atoms with Crippen molar-refractivity contribution in [2.45, 2.75) is 37.0 Å². The minimum absolute atomic E-state index is 0.00522. The summed E-state index contributed by atoms with van der Waals surface area (Å²) in [5, 5.41) is 2.77. The van der Waals surface area contributed by atoms with Crippen molar-refractivity contribution in [1.82, 2.24) is 4.98 Å². The van der Waals surface area contributed by atoms with E-state index >= 15 is 0 Å². The van der Waals surface area contributed by atoms with Crippen molar-refractivity contribution in [3.8, 4) is 0 Å². The molecule has 9 heteroatoms. The molecular weight excluding hydrogens is 400 g/mol. The third kappa shape index (κ3) is 4.90. The quantitative estimate of drug-likeness (QED) is 0.812. The molecule has 1 aromatic heterocycles. The first-order chi connectivity index (χ1) is 13.6. The molecule has 2 heterocycles. The monoisotopic (exact) mass is 423 g/mol. The zero-order valence-electron chi connectivity index (χ0n) is 16.3. The Morgan fingerprint density at radius 2 is 1.97 bits per heavy atom. The van der Waals surface area contributed by atoms with Gasteiger partial charge in [0.2, 0.25) is 5.92 Å². The molecule has 0 bridgehead atoms. The molecule has 1 N–H and O–H groups in total. The fourth-order valence-corrected chi connectivity index (χ4v) is 4.31. The van der Waals surface area contributed by atoms with Gasteiger partial charge in [-0.15, -0.1) is 0 Å². The molecule has 0 radical (unpaired) electrons. The number of nitrogens with zero attached hydrogens (tertiary/aromatic N) is 2. The second-order valence-electron chi connectivity index (χ2n) is 7.27. The minimum atomic E-state index is -3.66. The van der Waals surface area contributed by atoms with Crippen molar-refractivity contribution in [3.05, 3.63) is 47.8 Å². The molecule has 6 nitrogen and oxygen atoms in total. The van der Waals surface area contributed by atoms with Gasteiger partial charge in [0.15, 0.2) is 9.84 Å². The van der Waals surface area contributed by atoms with Crippen LogP contribution in [0.15, 0.2) is 41.6 Å². The van der Waals surface area contributed by atoms with E-state index in [-0.39, 0.29) is 42.9 Å². The summed E-state index contributed by atoms with van der Waals surface area (Å²) in [5.41, 5.74) is 1.53. The van der Waals surface area contributed by atoms with Crippen LogP contribution >= 0.6 is 0 Å². The number of carbonyl (C=O) groups is 1. The number of pyridine rings is 1. The van der Waals surface area contributed by atoms with E-state index in [0.29, 0.717) is 16.8 Å². The third-order valence-electron chi connectivity index (χ3n) is 4.95. The van der Waals surface area contributed by atoms with Crippen LogP contribution in [0.4, 0.5) is 20.2 Å². The average Bonchev–Trinajstić information content (AvgIpc) is 2.83. The lowest BCUT2D eigenvalue weighted by atomic mass is 10.1. The summed E-state index contributed by atoms with van der Waals surface area (Å²) in [5.74, 6) is -3.24. The van der Waals surface area contributed by atoms with Crippen LogP contribution in [0.2, 0.25) is 0 Å². The highest BCUT2D eigenvalue weighted by Crippen LogP contribution is 2.39. The number of sulfone groups is 1. The molecule has 0 saturated carbocycles. The highest BCUT2D eigenvalue weighted by molar-refractivity contribution is 7.90. The first kappa shape index (κ1) is 21.2. The SMILES string of the molecule is Cc1ccc(S(C)(=O)=O)c(N2CCCC(F)(F)CC2)c1NC(=O)c1cccnc1. The number of nitrogens with one attached hydrogen (secondary N) is 1. The molecule has 156 valence electrons. The first-order valence-electron chi connectivity index (χ1n) is 9.26. The number of aromatic nitrogens is 1. The Labute approximate surface area is 168 Å². The molecular formula is C20H23F2N3O3S. The number of aryl methyl sites for hydroxylation is 1. The Morgan fingerprint density at radius 1 is 1.21 bits per heavy atom. The second-order valence-corrected chi connectivity index (χ2v) is 9.25. The Morgan fingerprint density at radius 3 is 2.62 bits per heavy atom. The number of hydrogen-bond acceptors (Lipinski definition) is 5. The maximum Gasteiger partial charge on any atom is 0.257 e. The predicted octanol–water partition coefficient (Wildman–Crippen LogP) is 3.67. The van der Waals surface area contributed by atoms with E-state index < -0.39 is 21.7 Å². The molecule has 29 heavy (non-hydrogen) atoms. The number of anilines is 2. The second kappa shape index (κ2) is 8.06. The molecule has 3 rings (SSSR count). The van der Waals surface area contributed by atoms with Gasteiger partial charge in [-0.25, -0.2) is 17.2 Å². The van der Waals surface area contributed by atoms with E-state index in [4.69, 9.17) is 0 Å². The van der Waals surface area contributed by atoms with Gasteiger partial charge >= 0.3 is 0 Å². The summed E-state index contributed by atoms with van der Waals surface area (Å²) in [6, 6.07) is 6.27. The van der Waals surface area contributed by atoms with Gasteiger partial charge in [-0.2, -0.15) is 0 Å². The molecule has 1 aromatic carbocycles. The van der Waals surface area contributed by atoms with E-state index in [1.165, 1.54) is 18.5 Å². The van der Waals surface area contributed by atoms with Gasteiger partial charge in [-0.1, -0.05) is 6.07 Å². The summed E-state index contributed by atoms with van der Waals surface area (Å²) in [6.07, 6.45) is 3.61. The lowest BCUT2D eigenvalue weighted by Crippen LogP contribution is -2.29. The molecule has 0 unspecified atom stereocenters. The lowest BCUT2D eigenvalue weighted by molar-refractivity contribution is -0.0102. The number of alkyl halides is 2. The van der Waals surface area contributed by atoms with Gasteiger partial charge < -0.3 is 10.2 Å². The fraction of sp³-hybridized carbons (Fsp3) is 0.400. The zero-order chi connectivity index (χ0) is 21.2. The Kier molecular flexibility index (Phi) is 5.88. The van der Waals surface area contributed by atoms with Crippen molar-refractivity contribution in [2.75, 3.05) is 29.6 Å². The van der Waals surface area contributed by atoms with Gasteiger partial charge in [0, 0.05) is 44.6 Å². The van der Waals surface area contributed by atoms with Crippen LogP contribution in [0.5, 0.6) is 0 Å². The third-order valence-corrected chi connectivity index (χ3v) is 6.07. The number of amides is 1. The van der Waals surface area contributed by atoms with Crippen molar-refractivity contribution >= 4 is 27.1 Å². The molecule has 1 aliphatic heterocycles. The van der Waals surface area contributed by atoms with Crippen LogP contribution in [0.3, 0.4) is 0 Å². The summed E-state index contributed by atoms with van der Waals surface area (Å²) in [7, 11) is -3.66. The summed E-state index contributed by atoms with van der Waals surface area (Å²) in [6.45, 7) is 2.01. The van der Waals surface area contributed by atoms with Gasteiger partial charge in [-0.3, -0.25) is 9.78 Å². The van der Waals surface area contributed by atoms with E-state index in [2.05, 4.69) is 10.3 Å². The summed E-state index contributed by atoms with van der Waals surface area (Å²) in [4.78, 5) is 18.3. The van der Waals surface area contributed by atoms with Gasteiger partial charge in [0.05, 0.1) is 21.8 Å². The van der Waals surface area contributed by atoms with Crippen LogP contribution in [0.25, 0.3) is 0 Å². The van der Waals surface area contributed by atoms with E-state index in [1.807, 2.05) is 0 Å². The molecule has 2 aromatic rings. The van der Waals surface area contributed by atoms with Crippen molar-refractivity contribution in [3.63, 3.8) is 0 Å². The van der Waals surface area contributed by atoms with Crippen molar-refractivity contribution in [1.29, 1.82) is 0 Å². The van der Waals surface area contributed by atoms with E-state index in [9.17, 15) is 22.0 Å². The topological polar surface area (TPSA) is 79.4 Å². The maximum absolute atomic E-state index is 13.9. The molecule has 0 atom stereocenters. The molecule has 1 saturated heterocycles. The number of hydrogen-bond donors (Lipinski definition) is 1. The average molecular weight is 423 g/mol. The minimum Gasteiger partial charge on any atom is -0.369 e. The Bertz CT molecular complexity index is 1010. The smallest absolute Gasteiger partial charge is 0.257 e. The lowest BCUT2D eigenvalue weighted by Gasteiger charge is -2.29. The van der Waals surface area contributed by atoms with Crippen LogP contribution in [-0.2, 0) is 9.84 Å². The van der Waals surface area contributed by atoms with Crippen LogP contribution in [0, 0.1) is 6.92 Å². The molecule has 0 spiro atoms. The Hall–Kier alpha value is -2.55. The number of benzene rings is 1. The predicted molar refractivity (Wildman–Crippen MR) is 107 cm³/mol. The first-order valence-corrected chi connectivity index (χ1v) is 11.2. The van der Waals surface area contributed by atoms with Gasteiger partial charge in [-0.05, 0) is 37.1 Å². The maximum atomic E-state index is 13.9. The summed E-state index contributed by atoms with van der Waals surface area (Å²) >= 11 is 0. The molecule has 1 aliphatic rings. The highest BCUT2D eigenvalue weighted by Gasteiger charge is 2.34. The molecule has 1 amide bonds. The fourth-order valence-electron chi connectivity index (χ4n) is 3.41. The number of carbonyl (C=O) groups excluding carboxylic acids is 1. The van der Waals surface area contributed by atoms with Crippen LogP contribution in [-0.4, -0.2) is 44.6 Å². The number of halogens is 2. The van der Waals surface area contributed by atoms with Crippen LogP contribution < -0.4 is 10.2 Å². The van der Waals surface area contributed by atoms with E-state index in [0.717, 1.165) is 6.26 Å². The Balaban J connectivity index is 2.09. The summed E-state index contributed by atoms with van der Waals surface area (Å²) < 4.78 is 52.6. The van der Waals surface area contributed by atoms with Crippen LogP contribution in [0.1, 0.15) is 35.2 Å². The molecule has 1 fully saturated rings. The van der Waals surface area contributed by atoms with E-state index in [1.54, 1.807) is 30.0 Å². The van der Waals surface area contributed by atoms with Crippen molar-refractivity contribution in [2.24, 2.45) is 0 Å². The molecule has 0 aliphatic carbocycles. The highest BCUT2D eigenvalue weighted by atomic mass is 32.2. The largest absolute Gasteiger partial charge is 0.369 e.